The van der Waals surface area contributed by atoms with Crippen LogP contribution in [0.5, 0.6) is 0 Å². The van der Waals surface area contributed by atoms with Gasteiger partial charge in [0, 0.05) is 0 Å². The maximum absolute atomic E-state index is 5.11. The smallest absolute Gasteiger partial charge is 0.197 e. The molecule has 0 heterocycles. The molecule has 0 amide bonds. The van der Waals surface area contributed by atoms with Gasteiger partial charge in [0.15, 0.2) is 0 Å². The number of hydrogen-bond donors (Lipinski definition) is 0. The summed E-state index contributed by atoms with van der Waals surface area (Å²) in [6.45, 7) is 6.44. The molecule has 0 saturated heterocycles. The van der Waals surface area contributed by atoms with Crippen molar-refractivity contribution >= 4 is 0 Å². The lowest BCUT2D eigenvalue weighted by Gasteiger charge is -2.06. The Balaban J connectivity index is 3.50. The van der Waals surface area contributed by atoms with E-state index >= 15 is 0 Å². The molecule has 54 valence electrons. The molecule has 1 nitrogen and oxygen atoms in total. The maximum atomic E-state index is 5.11. The first kappa shape index (κ1) is 8.83. The van der Waals surface area contributed by atoms with E-state index in [0.29, 0.717) is 5.92 Å². The molecular formula is C8H17O+. The van der Waals surface area contributed by atoms with E-state index < -0.39 is 0 Å². The van der Waals surface area contributed by atoms with Gasteiger partial charge in [0.05, 0.1) is 7.11 Å². The Morgan fingerprint density at radius 3 is 1.89 bits per heavy atom. The second-order valence-corrected chi connectivity index (χ2v) is 2.33. The van der Waals surface area contributed by atoms with Gasteiger partial charge in [-0.2, -0.15) is 4.74 Å². The number of ether oxygens (including phenoxy) is 1. The Morgan fingerprint density at radius 2 is 1.78 bits per heavy atom. The van der Waals surface area contributed by atoms with Gasteiger partial charge in [0.2, 0.25) is 6.10 Å². The van der Waals surface area contributed by atoms with Crippen molar-refractivity contribution in [3.8, 4) is 0 Å². The third-order valence-electron chi connectivity index (χ3n) is 1.88. The highest BCUT2D eigenvalue weighted by atomic mass is 16.5. The summed E-state index contributed by atoms with van der Waals surface area (Å²) in [7, 11) is 1.74. The number of methoxy groups -OCH3 is 1. The van der Waals surface area contributed by atoms with Crippen LogP contribution in [0, 0.1) is 12.0 Å². The molecule has 0 saturated carbocycles. The Kier molecular flexibility index (Phi) is 4.60. The molecule has 0 aromatic carbocycles. The Morgan fingerprint density at radius 1 is 1.33 bits per heavy atom. The molecule has 0 aliphatic carbocycles. The Labute approximate surface area is 58.4 Å². The molecule has 0 fully saturated rings. The maximum Gasteiger partial charge on any atom is 0.240 e. The van der Waals surface area contributed by atoms with Crippen molar-refractivity contribution in [2.45, 2.75) is 33.6 Å². The van der Waals surface area contributed by atoms with Crippen LogP contribution in [0.3, 0.4) is 0 Å². The minimum absolute atomic E-state index is 0.662. The molecule has 0 atom stereocenters. The lowest BCUT2D eigenvalue weighted by molar-refractivity contribution is 0.159. The van der Waals surface area contributed by atoms with Crippen molar-refractivity contribution in [3.63, 3.8) is 0 Å². The van der Waals surface area contributed by atoms with Crippen molar-refractivity contribution < 1.29 is 4.74 Å². The molecule has 0 aliphatic heterocycles. The summed E-state index contributed by atoms with van der Waals surface area (Å²) in [6, 6.07) is 0. The molecule has 1 heteroatoms. The van der Waals surface area contributed by atoms with Crippen molar-refractivity contribution in [1.29, 1.82) is 0 Å². The molecule has 0 aromatic heterocycles. The minimum Gasteiger partial charge on any atom is -0.197 e. The average Bonchev–Trinajstić information content (AvgIpc) is 1.90. The van der Waals surface area contributed by atoms with Crippen LogP contribution < -0.4 is 0 Å². The van der Waals surface area contributed by atoms with E-state index in [9.17, 15) is 0 Å². The monoisotopic (exact) mass is 129 g/mol. The first-order valence-electron chi connectivity index (χ1n) is 3.63. The summed E-state index contributed by atoms with van der Waals surface area (Å²) in [6.07, 6.45) is 3.55. The molecule has 9 heavy (non-hydrogen) atoms. The fourth-order valence-corrected chi connectivity index (χ4v) is 1.03. The van der Waals surface area contributed by atoms with Crippen LogP contribution in [0.15, 0.2) is 0 Å². The molecule has 0 aromatic rings. The van der Waals surface area contributed by atoms with Crippen molar-refractivity contribution in [3.05, 3.63) is 6.10 Å². The quantitative estimate of drug-likeness (QED) is 0.530. The first-order valence-corrected chi connectivity index (χ1v) is 3.63. The van der Waals surface area contributed by atoms with Crippen LogP contribution in [0.2, 0.25) is 0 Å². The average molecular weight is 129 g/mol. The van der Waals surface area contributed by atoms with E-state index in [4.69, 9.17) is 4.74 Å². The normalized spacial score (nSPS) is 10.3. The highest BCUT2D eigenvalue weighted by Crippen LogP contribution is 2.20. The van der Waals surface area contributed by atoms with Crippen LogP contribution in [0.1, 0.15) is 33.6 Å². The highest BCUT2D eigenvalue weighted by Gasteiger charge is 2.24. The van der Waals surface area contributed by atoms with Crippen LogP contribution >= 0.6 is 0 Å². The summed E-state index contributed by atoms with van der Waals surface area (Å²) < 4.78 is 5.11. The number of hydrogen-bond acceptors (Lipinski definition) is 1. The predicted molar refractivity (Wildman–Crippen MR) is 40.0 cm³/mol. The summed E-state index contributed by atoms with van der Waals surface area (Å²) in [4.78, 5) is 0. The fourth-order valence-electron chi connectivity index (χ4n) is 1.03. The minimum atomic E-state index is 0.662. The van der Waals surface area contributed by atoms with E-state index in [1.165, 1.54) is 18.9 Å². The molecule has 0 unspecified atom stereocenters. The van der Waals surface area contributed by atoms with Gasteiger partial charge in [-0.05, 0) is 12.8 Å². The first-order chi connectivity index (χ1) is 4.26. The van der Waals surface area contributed by atoms with Gasteiger partial charge in [-0.25, -0.2) is 0 Å². The van der Waals surface area contributed by atoms with E-state index in [2.05, 4.69) is 20.8 Å². The van der Waals surface area contributed by atoms with E-state index in [0.717, 1.165) is 0 Å². The van der Waals surface area contributed by atoms with Gasteiger partial charge in [-0.15, -0.1) is 0 Å². The van der Waals surface area contributed by atoms with E-state index in [1.807, 2.05) is 0 Å². The zero-order chi connectivity index (χ0) is 7.28. The van der Waals surface area contributed by atoms with Crippen LogP contribution in [-0.2, 0) is 4.74 Å². The molecular weight excluding hydrogens is 112 g/mol. The van der Waals surface area contributed by atoms with Crippen LogP contribution in [0.4, 0.5) is 0 Å². The Hall–Kier alpha value is -0.170. The zero-order valence-electron chi connectivity index (χ0n) is 6.90. The third kappa shape index (κ3) is 2.75. The second-order valence-electron chi connectivity index (χ2n) is 2.33. The van der Waals surface area contributed by atoms with Gasteiger partial charge >= 0.3 is 0 Å². The molecule has 0 N–H and O–H groups in total. The van der Waals surface area contributed by atoms with Crippen LogP contribution in [-0.4, -0.2) is 7.11 Å². The summed E-state index contributed by atoms with van der Waals surface area (Å²) >= 11 is 0. The highest BCUT2D eigenvalue weighted by molar-refractivity contribution is 4.79. The fraction of sp³-hybridized carbons (Fsp3) is 0.875. The molecule has 0 aliphatic rings. The standard InChI is InChI=1S/C8H17O/c1-5-8(6-2)7(3)9-4/h8H,5-6H2,1-4H3/q+1. The predicted octanol–water partition coefficient (Wildman–Crippen LogP) is 2.62. The van der Waals surface area contributed by atoms with Crippen molar-refractivity contribution in [1.82, 2.24) is 0 Å². The lowest BCUT2D eigenvalue weighted by atomic mass is 9.98. The Bertz CT molecular complexity index is 57.6. The van der Waals surface area contributed by atoms with Gasteiger partial charge in [-0.1, -0.05) is 13.8 Å². The summed E-state index contributed by atoms with van der Waals surface area (Å²) in [5.41, 5.74) is 0. The van der Waals surface area contributed by atoms with E-state index in [-0.39, 0.29) is 0 Å². The summed E-state index contributed by atoms with van der Waals surface area (Å²) in [5, 5.41) is 0. The van der Waals surface area contributed by atoms with Crippen molar-refractivity contribution in [2.24, 2.45) is 5.92 Å². The van der Waals surface area contributed by atoms with Gasteiger partial charge in [0.25, 0.3) is 0 Å². The zero-order valence-corrected chi connectivity index (χ0v) is 6.90. The topological polar surface area (TPSA) is 9.23 Å². The SMILES string of the molecule is CCC(CC)[C+](C)OC. The molecule has 0 rings (SSSR count). The van der Waals surface area contributed by atoms with E-state index in [1.54, 1.807) is 7.11 Å². The van der Waals surface area contributed by atoms with Gasteiger partial charge in [0.1, 0.15) is 12.8 Å². The lowest BCUT2D eigenvalue weighted by Crippen LogP contribution is -2.08. The summed E-state index contributed by atoms with van der Waals surface area (Å²) in [5.74, 6) is 0.662. The molecule has 0 radical (unpaired) electrons. The van der Waals surface area contributed by atoms with Gasteiger partial charge in [-0.3, -0.25) is 0 Å². The molecule has 0 bridgehead atoms. The molecule has 0 spiro atoms. The number of rotatable bonds is 4. The van der Waals surface area contributed by atoms with Crippen LogP contribution in [0.25, 0.3) is 0 Å². The van der Waals surface area contributed by atoms with Gasteiger partial charge < -0.3 is 0 Å². The third-order valence-corrected chi connectivity index (χ3v) is 1.88. The largest absolute Gasteiger partial charge is 0.240 e. The second kappa shape index (κ2) is 4.68. The van der Waals surface area contributed by atoms with Crippen molar-refractivity contribution in [2.75, 3.05) is 7.11 Å².